The minimum absolute atomic E-state index is 0.337. The summed E-state index contributed by atoms with van der Waals surface area (Å²) in [6.07, 6.45) is 2.92. The Morgan fingerprint density at radius 1 is 1.19 bits per heavy atom. The van der Waals surface area contributed by atoms with Crippen molar-refractivity contribution in [3.05, 3.63) is 59.6 Å². The van der Waals surface area contributed by atoms with Crippen LogP contribution in [0.25, 0.3) is 11.3 Å². The average Bonchev–Trinajstić information content (AvgIpc) is 3.21. The van der Waals surface area contributed by atoms with E-state index in [0.29, 0.717) is 22.8 Å². The van der Waals surface area contributed by atoms with Gasteiger partial charge >= 0.3 is 5.97 Å². The van der Waals surface area contributed by atoms with Crippen LogP contribution in [0.15, 0.2) is 47.1 Å². The molecule has 0 saturated carbocycles. The lowest BCUT2D eigenvalue weighted by Gasteiger charge is -2.19. The fourth-order valence-electron chi connectivity index (χ4n) is 2.68. The van der Waals surface area contributed by atoms with Crippen LogP contribution < -0.4 is 5.32 Å². The SMILES string of the molecule is Cc1oc(-c2ccccc2)c(C(=O)Nc2cnn(C(C)(C)C(=O)O)c2)c1C. The molecule has 7 heteroatoms. The van der Waals surface area contributed by atoms with Crippen molar-refractivity contribution >= 4 is 17.6 Å². The lowest BCUT2D eigenvalue weighted by molar-refractivity contribution is -0.146. The van der Waals surface area contributed by atoms with Crippen molar-refractivity contribution in [3.63, 3.8) is 0 Å². The van der Waals surface area contributed by atoms with Gasteiger partial charge in [-0.25, -0.2) is 4.79 Å². The van der Waals surface area contributed by atoms with Crippen molar-refractivity contribution in [1.82, 2.24) is 9.78 Å². The normalized spacial score (nSPS) is 11.4. The van der Waals surface area contributed by atoms with Gasteiger partial charge in [0.15, 0.2) is 5.54 Å². The van der Waals surface area contributed by atoms with E-state index in [2.05, 4.69) is 10.4 Å². The molecule has 27 heavy (non-hydrogen) atoms. The number of carboxylic acid groups (broad SMARTS) is 1. The summed E-state index contributed by atoms with van der Waals surface area (Å²) in [5, 5.41) is 16.1. The van der Waals surface area contributed by atoms with E-state index in [-0.39, 0.29) is 5.91 Å². The molecular formula is C20H21N3O4. The maximum atomic E-state index is 12.9. The number of rotatable bonds is 5. The zero-order valence-electron chi connectivity index (χ0n) is 15.6. The first-order valence-corrected chi connectivity index (χ1v) is 8.47. The van der Waals surface area contributed by atoms with Crippen LogP contribution in [0.4, 0.5) is 5.69 Å². The summed E-state index contributed by atoms with van der Waals surface area (Å²) in [6.45, 7) is 6.71. The molecule has 140 valence electrons. The lowest BCUT2D eigenvalue weighted by atomic mass is 10.0. The Kier molecular flexibility index (Phi) is 4.61. The lowest BCUT2D eigenvalue weighted by Crippen LogP contribution is -2.35. The van der Waals surface area contributed by atoms with Crippen molar-refractivity contribution in [2.24, 2.45) is 0 Å². The molecule has 3 rings (SSSR count). The van der Waals surface area contributed by atoms with E-state index in [0.717, 1.165) is 11.1 Å². The van der Waals surface area contributed by atoms with Gasteiger partial charge in [-0.05, 0) is 27.7 Å². The average molecular weight is 367 g/mol. The van der Waals surface area contributed by atoms with E-state index in [1.807, 2.05) is 44.2 Å². The maximum absolute atomic E-state index is 12.9. The summed E-state index contributed by atoms with van der Waals surface area (Å²) in [5.41, 5.74) is 1.20. The van der Waals surface area contributed by atoms with Gasteiger partial charge in [-0.3, -0.25) is 9.48 Å². The summed E-state index contributed by atoms with van der Waals surface area (Å²) < 4.78 is 7.12. The highest BCUT2D eigenvalue weighted by molar-refractivity contribution is 6.09. The second kappa shape index (κ2) is 6.75. The molecule has 0 radical (unpaired) electrons. The molecule has 0 atom stereocenters. The molecule has 0 saturated heterocycles. The van der Waals surface area contributed by atoms with Crippen LogP contribution >= 0.6 is 0 Å². The largest absolute Gasteiger partial charge is 0.479 e. The van der Waals surface area contributed by atoms with Crippen LogP contribution in [0.2, 0.25) is 0 Å². The van der Waals surface area contributed by atoms with Gasteiger partial charge in [0.1, 0.15) is 11.5 Å². The molecule has 0 aliphatic heterocycles. The first-order chi connectivity index (χ1) is 12.7. The number of furan rings is 1. The second-order valence-corrected chi connectivity index (χ2v) is 6.85. The first-order valence-electron chi connectivity index (χ1n) is 8.47. The number of benzene rings is 1. The standard InChI is InChI=1S/C20H21N3O4/c1-12-13(2)27-17(14-8-6-5-7-9-14)16(12)18(24)22-15-10-21-23(11-15)20(3,4)19(25)26/h5-11H,1-4H3,(H,22,24)(H,25,26). The Morgan fingerprint density at radius 2 is 1.85 bits per heavy atom. The third-order valence-electron chi connectivity index (χ3n) is 4.58. The number of aromatic nitrogens is 2. The van der Waals surface area contributed by atoms with Crippen LogP contribution in [0.3, 0.4) is 0 Å². The molecule has 0 bridgehead atoms. The predicted octanol–water partition coefficient (Wildman–Crippen LogP) is 3.83. The molecule has 7 nitrogen and oxygen atoms in total. The van der Waals surface area contributed by atoms with Gasteiger partial charge in [-0.1, -0.05) is 30.3 Å². The molecule has 2 N–H and O–H groups in total. The van der Waals surface area contributed by atoms with Gasteiger partial charge in [0.25, 0.3) is 5.91 Å². The van der Waals surface area contributed by atoms with Crippen LogP contribution in [0.1, 0.15) is 35.5 Å². The van der Waals surface area contributed by atoms with E-state index < -0.39 is 11.5 Å². The maximum Gasteiger partial charge on any atom is 0.331 e. The van der Waals surface area contributed by atoms with Gasteiger partial charge in [0.2, 0.25) is 0 Å². The number of amides is 1. The molecule has 0 aliphatic carbocycles. The number of aliphatic carboxylic acids is 1. The number of hydrogen-bond donors (Lipinski definition) is 2. The highest BCUT2D eigenvalue weighted by Gasteiger charge is 2.30. The molecule has 0 unspecified atom stereocenters. The molecular weight excluding hydrogens is 346 g/mol. The van der Waals surface area contributed by atoms with E-state index in [1.165, 1.54) is 30.9 Å². The van der Waals surface area contributed by atoms with Crippen molar-refractivity contribution in [1.29, 1.82) is 0 Å². The Balaban J connectivity index is 1.92. The van der Waals surface area contributed by atoms with E-state index >= 15 is 0 Å². The van der Waals surface area contributed by atoms with Crippen LogP contribution in [-0.2, 0) is 10.3 Å². The van der Waals surface area contributed by atoms with Crippen LogP contribution in [-0.4, -0.2) is 26.8 Å². The Labute approximate surface area is 156 Å². The van der Waals surface area contributed by atoms with E-state index in [1.54, 1.807) is 0 Å². The minimum Gasteiger partial charge on any atom is -0.479 e. The number of nitrogens with one attached hydrogen (secondary N) is 1. The fraction of sp³-hybridized carbons (Fsp3) is 0.250. The predicted molar refractivity (Wildman–Crippen MR) is 101 cm³/mol. The third kappa shape index (κ3) is 3.36. The van der Waals surface area contributed by atoms with Gasteiger partial charge in [0, 0.05) is 17.3 Å². The molecule has 0 spiro atoms. The summed E-state index contributed by atoms with van der Waals surface area (Å²) in [7, 11) is 0. The summed E-state index contributed by atoms with van der Waals surface area (Å²) in [4.78, 5) is 24.3. The monoisotopic (exact) mass is 367 g/mol. The van der Waals surface area contributed by atoms with Gasteiger partial charge < -0.3 is 14.8 Å². The van der Waals surface area contributed by atoms with Crippen LogP contribution in [0.5, 0.6) is 0 Å². The number of carboxylic acids is 1. The fourth-order valence-corrected chi connectivity index (χ4v) is 2.68. The van der Waals surface area contributed by atoms with E-state index in [9.17, 15) is 14.7 Å². The summed E-state index contributed by atoms with van der Waals surface area (Å²) >= 11 is 0. The summed E-state index contributed by atoms with van der Waals surface area (Å²) in [5.74, 6) is -0.185. The number of nitrogens with zero attached hydrogens (tertiary/aromatic N) is 2. The van der Waals surface area contributed by atoms with Gasteiger partial charge in [-0.15, -0.1) is 0 Å². The molecule has 1 amide bonds. The summed E-state index contributed by atoms with van der Waals surface area (Å²) in [6, 6.07) is 9.40. The second-order valence-electron chi connectivity index (χ2n) is 6.85. The number of carbonyl (C=O) groups is 2. The Hall–Kier alpha value is -3.35. The Bertz CT molecular complexity index is 1000. The molecule has 1 aromatic carbocycles. The third-order valence-corrected chi connectivity index (χ3v) is 4.58. The number of carbonyl (C=O) groups excluding carboxylic acids is 1. The van der Waals surface area contributed by atoms with Gasteiger partial charge in [-0.2, -0.15) is 5.10 Å². The molecule has 0 fully saturated rings. The molecule has 2 heterocycles. The molecule has 0 aliphatic rings. The van der Waals surface area contributed by atoms with Crippen molar-refractivity contribution in [2.75, 3.05) is 5.32 Å². The first kappa shape index (κ1) is 18.4. The zero-order valence-corrected chi connectivity index (χ0v) is 15.6. The molecule has 3 aromatic rings. The van der Waals surface area contributed by atoms with Gasteiger partial charge in [0.05, 0.1) is 17.4 Å². The van der Waals surface area contributed by atoms with Crippen molar-refractivity contribution in [2.45, 2.75) is 33.2 Å². The molecule has 2 aromatic heterocycles. The smallest absolute Gasteiger partial charge is 0.331 e. The van der Waals surface area contributed by atoms with Crippen LogP contribution in [0, 0.1) is 13.8 Å². The topological polar surface area (TPSA) is 97.4 Å². The van der Waals surface area contributed by atoms with Crippen molar-refractivity contribution < 1.29 is 19.1 Å². The highest BCUT2D eigenvalue weighted by atomic mass is 16.4. The number of hydrogen-bond acceptors (Lipinski definition) is 4. The van der Waals surface area contributed by atoms with E-state index in [4.69, 9.17) is 4.42 Å². The minimum atomic E-state index is -1.22. The quantitative estimate of drug-likeness (QED) is 0.714. The highest BCUT2D eigenvalue weighted by Crippen LogP contribution is 2.31. The Morgan fingerprint density at radius 3 is 2.48 bits per heavy atom. The number of anilines is 1. The van der Waals surface area contributed by atoms with Crippen molar-refractivity contribution in [3.8, 4) is 11.3 Å². The number of aryl methyl sites for hydroxylation is 1. The zero-order chi connectivity index (χ0) is 19.8.